The van der Waals surface area contributed by atoms with Crippen molar-refractivity contribution in [3.05, 3.63) is 44.2 Å². The first-order chi connectivity index (χ1) is 11.9. The maximum Gasteiger partial charge on any atom is 0.522 e. The molecule has 0 unspecified atom stereocenters. The summed E-state index contributed by atoms with van der Waals surface area (Å²) in [6.45, 7) is 0. The molecular weight excluding hydrogens is 466 g/mol. The van der Waals surface area contributed by atoms with Crippen molar-refractivity contribution in [3.63, 3.8) is 0 Å². The van der Waals surface area contributed by atoms with Crippen molar-refractivity contribution in [1.82, 2.24) is 0 Å². The van der Waals surface area contributed by atoms with Crippen LogP contribution < -0.4 is 0 Å². The van der Waals surface area contributed by atoms with Gasteiger partial charge < -0.3 is 0 Å². The molecule has 2 N–H and O–H groups in total. The summed E-state index contributed by atoms with van der Waals surface area (Å²) < 4.78 is 118. The van der Waals surface area contributed by atoms with Gasteiger partial charge in [0.15, 0.2) is 0 Å². The van der Waals surface area contributed by atoms with E-state index in [9.17, 15) is 26.3 Å². The van der Waals surface area contributed by atoms with Crippen LogP contribution in [0.4, 0.5) is 26.3 Å². The van der Waals surface area contributed by atoms with Crippen LogP contribution in [0.3, 0.4) is 0 Å². The van der Waals surface area contributed by atoms with Gasteiger partial charge in [-0.15, -0.1) is 0 Å². The van der Waals surface area contributed by atoms with Crippen molar-refractivity contribution < 1.29 is 71.4 Å². The second-order valence-electron chi connectivity index (χ2n) is 4.61. The van der Waals surface area contributed by atoms with Gasteiger partial charge in [0.2, 0.25) is 0 Å². The summed E-state index contributed by atoms with van der Waals surface area (Å²) in [7, 11) is -11.7. The Bertz CT molecular complexity index is 765. The first-order valence-corrected chi connectivity index (χ1v) is 10.9. The minimum atomic E-state index is -5.84. The van der Waals surface area contributed by atoms with Crippen LogP contribution >= 0.6 is 0 Å². The molecule has 0 amide bonds. The molecule has 27 heavy (non-hydrogen) atoms. The molecule has 0 aromatic rings. The minimum absolute atomic E-state index is 0.0833. The number of rotatable bonds is 2. The van der Waals surface area contributed by atoms with E-state index >= 15 is 0 Å². The Kier molecular flexibility index (Phi) is 9.68. The Morgan fingerprint density at radius 2 is 1.00 bits per heavy atom. The molecule has 0 radical (unpaired) electrons. The van der Waals surface area contributed by atoms with Gasteiger partial charge in [0, 0.05) is 0 Å². The van der Waals surface area contributed by atoms with Crippen molar-refractivity contribution in [2.75, 3.05) is 0 Å². The normalized spacial score (nSPS) is 16.6. The van der Waals surface area contributed by atoms with Crippen LogP contribution in [0.1, 0.15) is 12.8 Å². The van der Waals surface area contributed by atoms with Gasteiger partial charge in [0.1, 0.15) is 0 Å². The Labute approximate surface area is 159 Å². The van der Waals surface area contributed by atoms with Gasteiger partial charge in [0.25, 0.3) is 0 Å². The number of allylic oxidation sites excluding steroid dienone is 8. The predicted molar refractivity (Wildman–Crippen MR) is 78.9 cm³/mol. The summed E-state index contributed by atoms with van der Waals surface area (Å²) >= 11 is 0.0833. The third-order valence-electron chi connectivity index (χ3n) is 2.45. The van der Waals surface area contributed by atoms with Crippen molar-refractivity contribution in [3.8, 4) is 0 Å². The minimum Gasteiger partial charge on any atom is -0.279 e. The van der Waals surface area contributed by atoms with E-state index in [1.807, 2.05) is 0 Å². The zero-order chi connectivity index (χ0) is 21.5. The molecule has 0 saturated carbocycles. The average Bonchev–Trinajstić information content (AvgIpc) is 3.09. The first kappa shape index (κ1) is 26.1. The van der Waals surface area contributed by atoms with Crippen LogP contribution in [0.15, 0.2) is 44.2 Å². The molecule has 15 heteroatoms. The molecule has 0 aromatic heterocycles. The number of halogens is 6. The van der Waals surface area contributed by atoms with Gasteiger partial charge in [-0.3, -0.25) is 9.11 Å². The Morgan fingerprint density at radius 1 is 0.741 bits per heavy atom. The fraction of sp³-hybridized carbons (Fsp3) is 0.333. The quantitative estimate of drug-likeness (QED) is 0.272. The molecule has 6 nitrogen and oxygen atoms in total. The third kappa shape index (κ3) is 10.9. The van der Waals surface area contributed by atoms with E-state index in [-0.39, 0.29) is 19.2 Å². The van der Waals surface area contributed by atoms with Gasteiger partial charge in [0.05, 0.1) is 0 Å². The molecule has 0 fully saturated rings. The summed E-state index contributed by atoms with van der Waals surface area (Å²) in [5.74, 6) is 0. The van der Waals surface area contributed by atoms with Gasteiger partial charge in [-0.25, -0.2) is 0 Å². The smallest absolute Gasteiger partial charge is 0.279 e. The van der Waals surface area contributed by atoms with Gasteiger partial charge in [-0.05, 0) is 0 Å². The topological polar surface area (TPSA) is 109 Å². The Balaban J connectivity index is 0.000000387. The summed E-state index contributed by atoms with van der Waals surface area (Å²) in [6.07, 6.45) is 15.9. The van der Waals surface area contributed by atoms with E-state index in [1.54, 1.807) is 7.76 Å². The Hall–Kier alpha value is -0.926. The second-order valence-corrected chi connectivity index (χ2v) is 9.84. The van der Waals surface area contributed by atoms with Crippen molar-refractivity contribution >= 4 is 20.2 Å². The number of hydrogen-bond donors (Lipinski definition) is 2. The molecule has 0 bridgehead atoms. The van der Waals surface area contributed by atoms with E-state index in [2.05, 4.69) is 36.5 Å². The summed E-state index contributed by atoms with van der Waals surface area (Å²) in [5, 5.41) is 0. The van der Waals surface area contributed by atoms with Crippen LogP contribution in [0.5, 0.6) is 0 Å². The molecule has 2 aliphatic rings. The molecule has 0 aromatic carbocycles. The van der Waals surface area contributed by atoms with E-state index in [0.29, 0.717) is 0 Å². The summed E-state index contributed by atoms with van der Waals surface area (Å²) in [6, 6.07) is 0. The van der Waals surface area contributed by atoms with Crippen LogP contribution in [-0.2, 0) is 39.4 Å². The number of alkyl halides is 6. The molecular formula is C12H12F6O6S2Ti. The van der Waals surface area contributed by atoms with E-state index in [0.717, 1.165) is 0 Å². The Morgan fingerprint density at radius 3 is 1.15 bits per heavy atom. The van der Waals surface area contributed by atoms with Gasteiger partial charge in [-0.1, -0.05) is 0 Å². The summed E-state index contributed by atoms with van der Waals surface area (Å²) in [4.78, 5) is 0. The van der Waals surface area contributed by atoms with Crippen LogP contribution in [0, 0.1) is 0 Å². The standard InChI is InChI=1S/2C5H5.2CHF3O3S.Ti/c2*1-2-4-5-3-1;2*2-1(3,4)8(5,6)7;/h2*1-3H,4H2;2*(H,5,6,7);. The van der Waals surface area contributed by atoms with E-state index < -0.39 is 31.3 Å². The zero-order valence-corrected chi connectivity index (χ0v) is 16.2. The predicted octanol–water partition coefficient (Wildman–Crippen LogP) is 3.54. The largest absolute Gasteiger partial charge is 0.522 e. The first-order valence-electron chi connectivity index (χ1n) is 6.51. The summed E-state index contributed by atoms with van der Waals surface area (Å²) in [5.41, 5.74) is -11.1. The fourth-order valence-corrected chi connectivity index (χ4v) is 3.18. The third-order valence-corrected chi connectivity index (χ3v) is 5.78. The molecule has 2 rings (SSSR count). The van der Waals surface area contributed by atoms with E-state index in [4.69, 9.17) is 25.9 Å². The maximum absolute atomic E-state index is 10.7. The molecule has 0 aliphatic heterocycles. The van der Waals surface area contributed by atoms with E-state index in [1.165, 1.54) is 12.8 Å². The maximum atomic E-state index is 10.7. The number of hydrogen-bond acceptors (Lipinski definition) is 4. The average molecular weight is 478 g/mol. The van der Waals surface area contributed by atoms with Crippen molar-refractivity contribution in [2.24, 2.45) is 0 Å². The zero-order valence-electron chi connectivity index (χ0n) is 13.0. The molecule has 0 heterocycles. The molecule has 0 spiro atoms. The van der Waals surface area contributed by atoms with Crippen LogP contribution in [-0.4, -0.2) is 37.0 Å². The van der Waals surface area contributed by atoms with Crippen LogP contribution in [0.2, 0.25) is 0 Å². The molecule has 0 atom stereocenters. The fourth-order valence-electron chi connectivity index (χ4n) is 1.29. The van der Waals surface area contributed by atoms with Gasteiger partial charge in [-0.2, -0.15) is 43.2 Å². The molecule has 2 aliphatic carbocycles. The van der Waals surface area contributed by atoms with Crippen molar-refractivity contribution in [1.29, 1.82) is 0 Å². The SMILES string of the molecule is C1=CC[C]([Ti][C]2=CC=CC2)=C1.O=S(=O)(O)C(F)(F)F.O=S(=O)(O)C(F)(F)F. The molecule has 154 valence electrons. The van der Waals surface area contributed by atoms with Crippen molar-refractivity contribution in [2.45, 2.75) is 23.9 Å². The second kappa shape index (κ2) is 10.0. The van der Waals surface area contributed by atoms with Gasteiger partial charge >= 0.3 is 107 Å². The monoisotopic (exact) mass is 478 g/mol. The molecule has 0 saturated heterocycles. The van der Waals surface area contributed by atoms with Crippen LogP contribution in [0.25, 0.3) is 0 Å².